The van der Waals surface area contributed by atoms with Crippen molar-refractivity contribution in [2.45, 2.75) is 13.0 Å². The first-order chi connectivity index (χ1) is 15.6. The number of benzene rings is 2. The molecule has 1 N–H and O–H groups in total. The van der Waals surface area contributed by atoms with E-state index in [1.807, 2.05) is 6.92 Å². The number of ketones is 1. The maximum atomic E-state index is 13.2. The van der Waals surface area contributed by atoms with Gasteiger partial charge in [0.15, 0.2) is 0 Å². The molecule has 0 spiro atoms. The average Bonchev–Trinajstić information content (AvgIpc) is 3.10. The molecule has 1 fully saturated rings. The first-order valence-electron chi connectivity index (χ1n) is 10.1. The standard InChI is InChI=1S/C25H22N2O5/c1-3-32-17-10-8-9-16(15-17)27-22(19-12-6-7-14-26-19)21(24(29)25(27)30)23(28)18-11-4-5-13-20(18)31-2/h4-15,22,28H,3H2,1-2H3/b23-21+. The van der Waals surface area contributed by atoms with E-state index in [2.05, 4.69) is 4.98 Å². The molecule has 1 aliphatic heterocycles. The number of aromatic nitrogens is 1. The quantitative estimate of drug-likeness (QED) is 0.360. The summed E-state index contributed by atoms with van der Waals surface area (Å²) in [7, 11) is 1.47. The number of aliphatic hydroxyl groups is 1. The van der Waals surface area contributed by atoms with Gasteiger partial charge in [0, 0.05) is 18.0 Å². The van der Waals surface area contributed by atoms with E-state index in [0.717, 1.165) is 0 Å². The second-order valence-corrected chi connectivity index (χ2v) is 7.05. The Bertz CT molecular complexity index is 1190. The summed E-state index contributed by atoms with van der Waals surface area (Å²) < 4.78 is 10.9. The zero-order valence-electron chi connectivity index (χ0n) is 17.7. The summed E-state index contributed by atoms with van der Waals surface area (Å²) in [6.07, 6.45) is 1.58. The van der Waals surface area contributed by atoms with Crippen LogP contribution in [0.5, 0.6) is 11.5 Å². The minimum Gasteiger partial charge on any atom is -0.507 e. The van der Waals surface area contributed by atoms with Crippen molar-refractivity contribution in [3.8, 4) is 11.5 Å². The number of amides is 1. The van der Waals surface area contributed by atoms with Crippen LogP contribution in [0, 0.1) is 0 Å². The van der Waals surface area contributed by atoms with Gasteiger partial charge >= 0.3 is 0 Å². The molecule has 7 heteroatoms. The van der Waals surface area contributed by atoms with Crippen LogP contribution in [-0.2, 0) is 9.59 Å². The molecule has 0 saturated carbocycles. The highest BCUT2D eigenvalue weighted by Crippen LogP contribution is 2.43. The van der Waals surface area contributed by atoms with Gasteiger partial charge < -0.3 is 14.6 Å². The minimum atomic E-state index is -0.919. The number of pyridine rings is 1. The van der Waals surface area contributed by atoms with Gasteiger partial charge in [0.2, 0.25) is 0 Å². The Balaban J connectivity index is 1.94. The highest BCUT2D eigenvalue weighted by Gasteiger charge is 2.47. The molecule has 1 saturated heterocycles. The molecule has 3 aromatic rings. The van der Waals surface area contributed by atoms with Crippen molar-refractivity contribution >= 4 is 23.1 Å². The van der Waals surface area contributed by atoms with E-state index in [-0.39, 0.29) is 11.3 Å². The number of aliphatic hydroxyl groups excluding tert-OH is 1. The number of carbonyl (C=O) groups is 2. The summed E-state index contributed by atoms with van der Waals surface area (Å²) in [5.74, 6) is -0.928. The summed E-state index contributed by atoms with van der Waals surface area (Å²) in [6, 6.07) is 18.0. The van der Waals surface area contributed by atoms with E-state index >= 15 is 0 Å². The van der Waals surface area contributed by atoms with Gasteiger partial charge in [-0.15, -0.1) is 0 Å². The highest BCUT2D eigenvalue weighted by molar-refractivity contribution is 6.51. The van der Waals surface area contributed by atoms with Crippen molar-refractivity contribution in [2.75, 3.05) is 18.6 Å². The second-order valence-electron chi connectivity index (χ2n) is 7.05. The smallest absolute Gasteiger partial charge is 0.300 e. The van der Waals surface area contributed by atoms with Crippen molar-refractivity contribution in [3.05, 3.63) is 89.8 Å². The normalized spacial score (nSPS) is 17.4. The summed E-state index contributed by atoms with van der Waals surface area (Å²) >= 11 is 0. The number of rotatable bonds is 6. The van der Waals surface area contributed by atoms with Crippen LogP contribution in [0.15, 0.2) is 78.5 Å². The Morgan fingerprint density at radius 2 is 1.84 bits per heavy atom. The van der Waals surface area contributed by atoms with Crippen LogP contribution in [0.1, 0.15) is 24.2 Å². The van der Waals surface area contributed by atoms with Gasteiger partial charge in [0.25, 0.3) is 11.7 Å². The number of hydrogen-bond acceptors (Lipinski definition) is 6. The van der Waals surface area contributed by atoms with E-state index in [1.54, 1.807) is 72.9 Å². The summed E-state index contributed by atoms with van der Waals surface area (Å²) in [6.45, 7) is 2.32. The van der Waals surface area contributed by atoms with Crippen LogP contribution in [0.2, 0.25) is 0 Å². The Morgan fingerprint density at radius 1 is 1.06 bits per heavy atom. The Kier molecular flexibility index (Phi) is 5.89. The van der Waals surface area contributed by atoms with Crippen molar-refractivity contribution in [1.82, 2.24) is 4.98 Å². The molecule has 1 unspecified atom stereocenters. The minimum absolute atomic E-state index is 0.0555. The monoisotopic (exact) mass is 430 g/mol. The third kappa shape index (κ3) is 3.69. The summed E-state index contributed by atoms with van der Waals surface area (Å²) in [5, 5.41) is 11.2. The Labute approximate surface area is 185 Å². The van der Waals surface area contributed by atoms with Crippen molar-refractivity contribution in [3.63, 3.8) is 0 Å². The largest absolute Gasteiger partial charge is 0.507 e. The molecule has 1 amide bonds. The highest BCUT2D eigenvalue weighted by atomic mass is 16.5. The molecule has 2 aromatic carbocycles. The average molecular weight is 430 g/mol. The van der Waals surface area contributed by atoms with Gasteiger partial charge in [0.05, 0.1) is 30.5 Å². The third-order valence-corrected chi connectivity index (χ3v) is 5.18. The van der Waals surface area contributed by atoms with Gasteiger partial charge in [0.1, 0.15) is 23.3 Å². The van der Waals surface area contributed by atoms with Gasteiger partial charge in [-0.2, -0.15) is 0 Å². The molecule has 1 aliphatic rings. The lowest BCUT2D eigenvalue weighted by Gasteiger charge is -2.25. The number of methoxy groups -OCH3 is 1. The van der Waals surface area contributed by atoms with Crippen molar-refractivity contribution < 1.29 is 24.2 Å². The second kappa shape index (κ2) is 8.93. The van der Waals surface area contributed by atoms with Crippen LogP contribution < -0.4 is 14.4 Å². The lowest BCUT2D eigenvalue weighted by molar-refractivity contribution is -0.132. The van der Waals surface area contributed by atoms with Gasteiger partial charge in [-0.25, -0.2) is 0 Å². The van der Waals surface area contributed by atoms with Crippen LogP contribution in [0.25, 0.3) is 5.76 Å². The van der Waals surface area contributed by atoms with Gasteiger partial charge in [-0.1, -0.05) is 24.3 Å². The number of carbonyl (C=O) groups excluding carboxylic acids is 2. The molecule has 0 aliphatic carbocycles. The molecular formula is C25H22N2O5. The number of Topliss-reactive ketones (excluding diaryl/α,β-unsaturated/α-hetero) is 1. The molecule has 162 valence electrons. The predicted octanol–water partition coefficient (Wildman–Crippen LogP) is 4.12. The lowest BCUT2D eigenvalue weighted by atomic mass is 9.97. The molecule has 7 nitrogen and oxygen atoms in total. The number of hydrogen-bond donors (Lipinski definition) is 1. The van der Waals surface area contributed by atoms with E-state index < -0.39 is 17.7 Å². The number of ether oxygens (including phenoxy) is 2. The van der Waals surface area contributed by atoms with E-state index in [1.165, 1.54) is 12.0 Å². The SMILES string of the molecule is CCOc1cccc(N2C(=O)C(=O)/C(=C(/O)c3ccccc3OC)C2c2ccccn2)c1. The van der Waals surface area contributed by atoms with Crippen molar-refractivity contribution in [1.29, 1.82) is 0 Å². The van der Waals surface area contributed by atoms with Crippen LogP contribution in [0.3, 0.4) is 0 Å². The molecule has 2 heterocycles. The third-order valence-electron chi connectivity index (χ3n) is 5.18. The molecule has 1 atom stereocenters. The van der Waals surface area contributed by atoms with Crippen LogP contribution in [0.4, 0.5) is 5.69 Å². The number of nitrogens with zero attached hydrogens (tertiary/aromatic N) is 2. The molecule has 0 radical (unpaired) electrons. The fourth-order valence-electron chi connectivity index (χ4n) is 3.79. The maximum absolute atomic E-state index is 13.2. The van der Waals surface area contributed by atoms with Crippen molar-refractivity contribution in [2.24, 2.45) is 0 Å². The summed E-state index contributed by atoms with van der Waals surface area (Å²) in [4.78, 5) is 32.1. The number of para-hydroxylation sites is 1. The van der Waals surface area contributed by atoms with E-state index in [4.69, 9.17) is 9.47 Å². The molecular weight excluding hydrogens is 408 g/mol. The Hall–Kier alpha value is -4.13. The number of anilines is 1. The predicted molar refractivity (Wildman–Crippen MR) is 120 cm³/mol. The fourth-order valence-corrected chi connectivity index (χ4v) is 3.79. The summed E-state index contributed by atoms with van der Waals surface area (Å²) in [5.41, 5.74) is 1.18. The molecule has 1 aromatic heterocycles. The lowest BCUT2D eigenvalue weighted by Crippen LogP contribution is -2.29. The fraction of sp³-hybridized carbons (Fsp3) is 0.160. The molecule has 0 bridgehead atoms. The van der Waals surface area contributed by atoms with Crippen LogP contribution in [-0.4, -0.2) is 35.5 Å². The zero-order chi connectivity index (χ0) is 22.7. The molecule has 4 rings (SSSR count). The topological polar surface area (TPSA) is 89.0 Å². The van der Waals surface area contributed by atoms with E-state index in [0.29, 0.717) is 35.1 Å². The van der Waals surface area contributed by atoms with E-state index in [9.17, 15) is 14.7 Å². The van der Waals surface area contributed by atoms with Crippen LogP contribution >= 0.6 is 0 Å². The van der Waals surface area contributed by atoms with Gasteiger partial charge in [-0.3, -0.25) is 19.5 Å². The van der Waals surface area contributed by atoms with Gasteiger partial charge in [-0.05, 0) is 43.3 Å². The maximum Gasteiger partial charge on any atom is 0.300 e. The molecule has 32 heavy (non-hydrogen) atoms. The first kappa shape index (κ1) is 21.1. The first-order valence-corrected chi connectivity index (χ1v) is 10.1. The zero-order valence-corrected chi connectivity index (χ0v) is 17.7. The Morgan fingerprint density at radius 3 is 2.56 bits per heavy atom.